The second kappa shape index (κ2) is 4.74. The van der Waals surface area contributed by atoms with Crippen LogP contribution >= 0.6 is 0 Å². The van der Waals surface area contributed by atoms with Gasteiger partial charge in [-0.15, -0.1) is 0 Å². The normalized spacial score (nSPS) is 13.4. The smallest absolute Gasteiger partial charge is 0.256 e. The van der Waals surface area contributed by atoms with E-state index in [1.807, 2.05) is 26.8 Å². The molecule has 0 spiro atoms. The maximum absolute atomic E-state index is 12.4. The molecule has 1 aromatic carbocycles. The van der Waals surface area contributed by atoms with Gasteiger partial charge in [-0.2, -0.15) is 0 Å². The number of anilines is 1. The van der Waals surface area contributed by atoms with Crippen LogP contribution in [0.3, 0.4) is 0 Å². The van der Waals surface area contributed by atoms with Crippen LogP contribution < -0.4 is 11.1 Å². The van der Waals surface area contributed by atoms with Crippen LogP contribution in [0.4, 0.5) is 5.82 Å². The number of carbonyl (C=O) groups excluding carboxylic acids is 1. The van der Waals surface area contributed by atoms with Gasteiger partial charge in [0.2, 0.25) is 0 Å². The monoisotopic (exact) mass is 322 g/mol. The summed E-state index contributed by atoms with van der Waals surface area (Å²) in [7, 11) is 0. The average Bonchev–Trinajstić information content (AvgIpc) is 2.84. The van der Waals surface area contributed by atoms with Crippen molar-refractivity contribution in [3.63, 3.8) is 0 Å². The fourth-order valence-electron chi connectivity index (χ4n) is 3.53. The second-order valence-electron chi connectivity index (χ2n) is 6.27. The second-order valence-corrected chi connectivity index (χ2v) is 6.27. The number of rotatable bonds is 1. The van der Waals surface area contributed by atoms with E-state index in [1.54, 1.807) is 16.8 Å². The molecule has 0 unspecified atom stereocenters. The van der Waals surface area contributed by atoms with E-state index in [0.717, 1.165) is 27.8 Å². The number of hydrogen-bond acceptors (Lipinski definition) is 4. The topological polar surface area (TPSA) is 93.2 Å². The minimum absolute atomic E-state index is 0.185. The van der Waals surface area contributed by atoms with Gasteiger partial charge in [0, 0.05) is 23.7 Å². The molecule has 3 aromatic rings. The molecule has 0 aliphatic carbocycles. The number of pyridine rings is 1. The van der Waals surface area contributed by atoms with E-state index < -0.39 is 0 Å². The highest BCUT2D eigenvalue weighted by Crippen LogP contribution is 2.38. The first kappa shape index (κ1) is 14.6. The zero-order chi connectivity index (χ0) is 17.2. The Morgan fingerprint density at radius 2 is 2.00 bits per heavy atom. The van der Waals surface area contributed by atoms with Crippen LogP contribution in [0.5, 0.6) is 5.75 Å². The number of aryl methyl sites for hydroxylation is 2. The highest BCUT2D eigenvalue weighted by Gasteiger charge is 2.30. The predicted octanol–water partition coefficient (Wildman–Crippen LogP) is 2.48. The molecule has 0 saturated carbocycles. The van der Waals surface area contributed by atoms with Gasteiger partial charge in [-0.1, -0.05) is 6.07 Å². The largest absolute Gasteiger partial charge is 0.508 e. The van der Waals surface area contributed by atoms with Gasteiger partial charge in [0.15, 0.2) is 0 Å². The van der Waals surface area contributed by atoms with Crippen LogP contribution in [0.2, 0.25) is 0 Å². The van der Waals surface area contributed by atoms with Gasteiger partial charge in [-0.25, -0.2) is 4.98 Å². The van der Waals surface area contributed by atoms with Crippen molar-refractivity contribution in [2.24, 2.45) is 0 Å². The lowest BCUT2D eigenvalue weighted by atomic mass is 10.0. The number of amides is 1. The van der Waals surface area contributed by atoms with Crippen LogP contribution in [-0.4, -0.2) is 20.6 Å². The molecule has 0 saturated heterocycles. The third-order valence-electron chi connectivity index (χ3n) is 4.82. The molecule has 0 fully saturated rings. The van der Waals surface area contributed by atoms with Gasteiger partial charge in [0.05, 0.1) is 11.3 Å². The Bertz CT molecular complexity index is 1030. The summed E-state index contributed by atoms with van der Waals surface area (Å²) >= 11 is 0. The summed E-state index contributed by atoms with van der Waals surface area (Å²) in [5, 5.41) is 13.8. The van der Waals surface area contributed by atoms with Crippen LogP contribution in [0.15, 0.2) is 18.3 Å². The molecule has 1 aliphatic heterocycles. The summed E-state index contributed by atoms with van der Waals surface area (Å²) in [4.78, 5) is 17.0. The van der Waals surface area contributed by atoms with Crippen molar-refractivity contribution in [3.8, 4) is 11.4 Å². The van der Waals surface area contributed by atoms with E-state index in [2.05, 4.69) is 10.3 Å². The Hall–Kier alpha value is -3.02. The Kier molecular flexibility index (Phi) is 2.87. The lowest BCUT2D eigenvalue weighted by Gasteiger charge is -2.15. The first-order valence-corrected chi connectivity index (χ1v) is 7.78. The molecule has 122 valence electrons. The molecule has 4 rings (SSSR count). The van der Waals surface area contributed by atoms with Crippen molar-refractivity contribution in [3.05, 3.63) is 46.1 Å². The highest BCUT2D eigenvalue weighted by atomic mass is 16.3. The summed E-state index contributed by atoms with van der Waals surface area (Å²) < 4.78 is 1.78. The summed E-state index contributed by atoms with van der Waals surface area (Å²) in [5.41, 5.74) is 12.0. The van der Waals surface area contributed by atoms with Crippen LogP contribution in [0.25, 0.3) is 16.7 Å². The van der Waals surface area contributed by atoms with Gasteiger partial charge in [-0.3, -0.25) is 9.36 Å². The average molecular weight is 322 g/mol. The maximum Gasteiger partial charge on any atom is 0.256 e. The van der Waals surface area contributed by atoms with E-state index in [4.69, 9.17) is 5.73 Å². The first-order chi connectivity index (χ1) is 11.4. The Labute approximate surface area is 138 Å². The molecule has 6 nitrogen and oxygen atoms in total. The molecular weight excluding hydrogens is 304 g/mol. The number of aromatic nitrogens is 2. The van der Waals surface area contributed by atoms with Crippen molar-refractivity contribution in [1.29, 1.82) is 0 Å². The number of phenols is 1. The van der Waals surface area contributed by atoms with Crippen molar-refractivity contribution < 1.29 is 9.90 Å². The van der Waals surface area contributed by atoms with Crippen LogP contribution in [0, 0.1) is 20.8 Å². The molecule has 1 aliphatic rings. The van der Waals surface area contributed by atoms with Gasteiger partial charge in [0.1, 0.15) is 17.2 Å². The molecule has 0 bridgehead atoms. The molecular formula is C18H18N4O2. The van der Waals surface area contributed by atoms with Crippen LogP contribution in [-0.2, 0) is 6.54 Å². The standard InChI is InChI=1S/C18H18N4O2/c1-8-4-5-12(23)10(3)15(8)22-16(19)14-13-11(7-21-18(14)24)9(2)6-20-17(13)22/h4-6,23H,7,19H2,1-3H3,(H,21,24). The molecule has 0 radical (unpaired) electrons. The fourth-order valence-corrected chi connectivity index (χ4v) is 3.53. The number of nitrogen functional groups attached to an aromatic ring is 1. The molecule has 6 heteroatoms. The van der Waals surface area contributed by atoms with E-state index in [1.165, 1.54) is 0 Å². The molecule has 3 heterocycles. The lowest BCUT2D eigenvalue weighted by Crippen LogP contribution is -2.28. The van der Waals surface area contributed by atoms with Crippen molar-refractivity contribution in [2.75, 3.05) is 5.73 Å². The third kappa shape index (κ3) is 1.71. The van der Waals surface area contributed by atoms with E-state index >= 15 is 0 Å². The SMILES string of the molecule is Cc1ccc(O)c(C)c1-n1c(N)c2c3c(c(C)cnc31)CNC2=O. The summed E-state index contributed by atoms with van der Waals surface area (Å²) in [6, 6.07) is 3.49. The van der Waals surface area contributed by atoms with E-state index in [0.29, 0.717) is 29.1 Å². The number of benzene rings is 1. The quantitative estimate of drug-likeness (QED) is 0.641. The Morgan fingerprint density at radius 1 is 1.25 bits per heavy atom. The summed E-state index contributed by atoms with van der Waals surface area (Å²) in [6.45, 7) is 6.22. The number of aromatic hydroxyl groups is 1. The van der Waals surface area contributed by atoms with Crippen LogP contribution in [0.1, 0.15) is 32.6 Å². The Balaban J connectivity index is 2.21. The molecule has 24 heavy (non-hydrogen) atoms. The minimum Gasteiger partial charge on any atom is -0.508 e. The number of carbonyl (C=O) groups is 1. The van der Waals surface area contributed by atoms with Gasteiger partial charge in [0.25, 0.3) is 5.91 Å². The number of nitrogens with two attached hydrogens (primary N) is 1. The zero-order valence-corrected chi connectivity index (χ0v) is 13.8. The molecule has 1 amide bonds. The van der Waals surface area contributed by atoms with Gasteiger partial charge >= 0.3 is 0 Å². The molecule has 0 atom stereocenters. The highest BCUT2D eigenvalue weighted by molar-refractivity contribution is 6.14. The van der Waals surface area contributed by atoms with E-state index in [-0.39, 0.29) is 11.7 Å². The zero-order valence-electron chi connectivity index (χ0n) is 13.8. The van der Waals surface area contributed by atoms with Gasteiger partial charge in [-0.05, 0) is 43.5 Å². The Morgan fingerprint density at radius 3 is 2.75 bits per heavy atom. The minimum atomic E-state index is -0.188. The first-order valence-electron chi connectivity index (χ1n) is 7.78. The number of phenolic OH excluding ortho intramolecular Hbond substituents is 1. The van der Waals surface area contributed by atoms with Crippen molar-refractivity contribution in [2.45, 2.75) is 27.3 Å². The number of hydrogen-bond donors (Lipinski definition) is 3. The van der Waals surface area contributed by atoms with Crippen molar-refractivity contribution >= 4 is 22.8 Å². The maximum atomic E-state index is 12.4. The molecule has 2 aromatic heterocycles. The predicted molar refractivity (Wildman–Crippen MR) is 92.5 cm³/mol. The third-order valence-corrected chi connectivity index (χ3v) is 4.82. The molecule has 4 N–H and O–H groups in total. The van der Waals surface area contributed by atoms with E-state index in [9.17, 15) is 9.90 Å². The number of nitrogens with zero attached hydrogens (tertiary/aromatic N) is 2. The lowest BCUT2D eigenvalue weighted by molar-refractivity contribution is 0.0950. The summed E-state index contributed by atoms with van der Waals surface area (Å²) in [5.74, 6) is 0.343. The fraction of sp³-hybridized carbons (Fsp3) is 0.222. The summed E-state index contributed by atoms with van der Waals surface area (Å²) in [6.07, 6.45) is 1.79. The van der Waals surface area contributed by atoms with Gasteiger partial charge < -0.3 is 16.2 Å². The number of nitrogens with one attached hydrogen (secondary N) is 1. The van der Waals surface area contributed by atoms with Crippen molar-refractivity contribution in [1.82, 2.24) is 14.9 Å².